The number of amides is 1. The van der Waals surface area contributed by atoms with Crippen molar-refractivity contribution in [1.29, 1.82) is 0 Å². The zero-order valence-corrected chi connectivity index (χ0v) is 11.1. The lowest BCUT2D eigenvalue weighted by Crippen LogP contribution is -2.33. The van der Waals surface area contributed by atoms with E-state index in [0.717, 1.165) is 37.8 Å². The summed E-state index contributed by atoms with van der Waals surface area (Å²) in [5, 5.41) is 12.2. The van der Waals surface area contributed by atoms with Crippen LogP contribution in [0.5, 0.6) is 5.75 Å². The zero-order chi connectivity index (χ0) is 13.7. The molecule has 1 fully saturated rings. The van der Waals surface area contributed by atoms with Crippen LogP contribution in [-0.4, -0.2) is 17.6 Å². The van der Waals surface area contributed by atoms with E-state index in [1.165, 1.54) is 0 Å². The number of carbonyl (C=O) groups excluding carboxylic acids is 1. The standard InChI is InChI=1S/C15H22N2O2/c16-9-11-1-5-13(6-2-11)15(19)17-10-12-3-7-14(18)8-4-12/h3-4,7-8,11,13,18H,1-2,5-6,9-10,16H2,(H,17,19). The van der Waals surface area contributed by atoms with Gasteiger partial charge < -0.3 is 16.2 Å². The number of carbonyl (C=O) groups is 1. The van der Waals surface area contributed by atoms with Crippen LogP contribution < -0.4 is 11.1 Å². The summed E-state index contributed by atoms with van der Waals surface area (Å²) in [5.41, 5.74) is 6.65. The molecule has 1 aromatic rings. The van der Waals surface area contributed by atoms with Crippen molar-refractivity contribution in [2.75, 3.05) is 6.54 Å². The number of rotatable bonds is 4. The maximum absolute atomic E-state index is 12.0. The van der Waals surface area contributed by atoms with Gasteiger partial charge in [-0.1, -0.05) is 12.1 Å². The highest BCUT2D eigenvalue weighted by atomic mass is 16.3. The van der Waals surface area contributed by atoms with Crippen molar-refractivity contribution in [2.24, 2.45) is 17.6 Å². The van der Waals surface area contributed by atoms with Crippen LogP contribution in [0.3, 0.4) is 0 Å². The summed E-state index contributed by atoms with van der Waals surface area (Å²) in [6, 6.07) is 6.91. The number of phenolic OH excluding ortho intramolecular Hbond substituents is 1. The van der Waals surface area contributed by atoms with Gasteiger partial charge in [0.15, 0.2) is 0 Å². The van der Waals surface area contributed by atoms with E-state index in [-0.39, 0.29) is 17.6 Å². The van der Waals surface area contributed by atoms with Crippen molar-refractivity contribution >= 4 is 5.91 Å². The second-order valence-corrected chi connectivity index (χ2v) is 5.34. The monoisotopic (exact) mass is 262 g/mol. The number of benzene rings is 1. The lowest BCUT2D eigenvalue weighted by Gasteiger charge is -2.26. The molecule has 0 radical (unpaired) electrons. The van der Waals surface area contributed by atoms with Crippen molar-refractivity contribution in [3.63, 3.8) is 0 Å². The van der Waals surface area contributed by atoms with Gasteiger partial charge in [-0.25, -0.2) is 0 Å². The third-order valence-corrected chi connectivity index (χ3v) is 3.95. The molecule has 0 spiro atoms. The molecule has 2 rings (SSSR count). The smallest absolute Gasteiger partial charge is 0.223 e. The molecule has 19 heavy (non-hydrogen) atoms. The van der Waals surface area contributed by atoms with Crippen LogP contribution in [0.4, 0.5) is 0 Å². The SMILES string of the molecule is NCC1CCC(C(=O)NCc2ccc(O)cc2)CC1. The van der Waals surface area contributed by atoms with E-state index in [0.29, 0.717) is 12.5 Å². The second kappa shape index (κ2) is 6.57. The van der Waals surface area contributed by atoms with Crippen molar-refractivity contribution < 1.29 is 9.90 Å². The Hall–Kier alpha value is -1.55. The predicted molar refractivity (Wildman–Crippen MR) is 74.5 cm³/mol. The van der Waals surface area contributed by atoms with Gasteiger partial charge in [0.2, 0.25) is 5.91 Å². The third kappa shape index (κ3) is 3.96. The molecule has 0 heterocycles. The Balaban J connectivity index is 1.77. The molecule has 1 aliphatic carbocycles. The first-order chi connectivity index (χ1) is 9.19. The summed E-state index contributed by atoms with van der Waals surface area (Å²) < 4.78 is 0. The molecule has 1 aliphatic rings. The van der Waals surface area contributed by atoms with Gasteiger partial charge in [0, 0.05) is 12.5 Å². The fourth-order valence-electron chi connectivity index (χ4n) is 2.61. The first kappa shape index (κ1) is 13.9. The van der Waals surface area contributed by atoms with E-state index in [1.807, 2.05) is 12.1 Å². The number of hydrogen-bond donors (Lipinski definition) is 3. The molecule has 104 valence electrons. The number of aromatic hydroxyl groups is 1. The number of nitrogens with two attached hydrogens (primary N) is 1. The molecule has 0 atom stereocenters. The quantitative estimate of drug-likeness (QED) is 0.774. The Morgan fingerprint density at radius 3 is 2.42 bits per heavy atom. The molecule has 0 unspecified atom stereocenters. The lowest BCUT2D eigenvalue weighted by molar-refractivity contribution is -0.126. The molecule has 1 amide bonds. The van der Waals surface area contributed by atoms with Gasteiger partial charge in [-0.15, -0.1) is 0 Å². The van der Waals surface area contributed by atoms with Gasteiger partial charge in [-0.05, 0) is 55.8 Å². The van der Waals surface area contributed by atoms with Crippen molar-refractivity contribution in [1.82, 2.24) is 5.32 Å². The lowest BCUT2D eigenvalue weighted by atomic mass is 9.81. The van der Waals surface area contributed by atoms with Crippen LogP contribution in [-0.2, 0) is 11.3 Å². The summed E-state index contributed by atoms with van der Waals surface area (Å²) in [5.74, 6) is 1.12. The van der Waals surface area contributed by atoms with E-state index in [1.54, 1.807) is 12.1 Å². The fraction of sp³-hybridized carbons (Fsp3) is 0.533. The number of phenols is 1. The first-order valence-electron chi connectivity index (χ1n) is 6.94. The van der Waals surface area contributed by atoms with Gasteiger partial charge >= 0.3 is 0 Å². The molecule has 0 saturated heterocycles. The van der Waals surface area contributed by atoms with E-state index in [2.05, 4.69) is 5.32 Å². The first-order valence-corrected chi connectivity index (χ1v) is 6.94. The van der Waals surface area contributed by atoms with E-state index in [9.17, 15) is 9.90 Å². The highest BCUT2D eigenvalue weighted by molar-refractivity contribution is 5.78. The summed E-state index contributed by atoms with van der Waals surface area (Å²) in [6.07, 6.45) is 4.02. The average Bonchev–Trinajstić information content (AvgIpc) is 2.46. The molecule has 0 aliphatic heterocycles. The van der Waals surface area contributed by atoms with Crippen molar-refractivity contribution in [3.8, 4) is 5.75 Å². The van der Waals surface area contributed by atoms with Gasteiger partial charge in [0.1, 0.15) is 5.75 Å². The van der Waals surface area contributed by atoms with Crippen LogP contribution in [0.1, 0.15) is 31.2 Å². The Labute approximate surface area is 114 Å². The molecule has 4 nitrogen and oxygen atoms in total. The fourth-order valence-corrected chi connectivity index (χ4v) is 2.61. The Kier molecular flexibility index (Phi) is 4.80. The summed E-state index contributed by atoms with van der Waals surface area (Å²) in [6.45, 7) is 1.26. The highest BCUT2D eigenvalue weighted by Crippen LogP contribution is 2.28. The Morgan fingerprint density at radius 2 is 1.84 bits per heavy atom. The van der Waals surface area contributed by atoms with E-state index < -0.39 is 0 Å². The van der Waals surface area contributed by atoms with Gasteiger partial charge in [-0.2, -0.15) is 0 Å². The Bertz CT molecular complexity index is 409. The van der Waals surface area contributed by atoms with Crippen LogP contribution >= 0.6 is 0 Å². The predicted octanol–water partition coefficient (Wildman–Crippen LogP) is 1.77. The molecule has 4 heteroatoms. The van der Waals surface area contributed by atoms with Crippen LogP contribution in [0.2, 0.25) is 0 Å². The summed E-state index contributed by atoms with van der Waals surface area (Å²) in [4.78, 5) is 12.0. The van der Waals surface area contributed by atoms with E-state index >= 15 is 0 Å². The van der Waals surface area contributed by atoms with Crippen LogP contribution in [0.15, 0.2) is 24.3 Å². The van der Waals surface area contributed by atoms with Gasteiger partial charge in [0.25, 0.3) is 0 Å². The normalized spacial score (nSPS) is 23.0. The Morgan fingerprint density at radius 1 is 1.21 bits per heavy atom. The maximum atomic E-state index is 12.0. The maximum Gasteiger partial charge on any atom is 0.223 e. The summed E-state index contributed by atoms with van der Waals surface area (Å²) >= 11 is 0. The molecule has 1 saturated carbocycles. The van der Waals surface area contributed by atoms with Crippen LogP contribution in [0.25, 0.3) is 0 Å². The number of hydrogen-bond acceptors (Lipinski definition) is 3. The number of nitrogens with one attached hydrogen (secondary N) is 1. The summed E-state index contributed by atoms with van der Waals surface area (Å²) in [7, 11) is 0. The van der Waals surface area contributed by atoms with Gasteiger partial charge in [-0.3, -0.25) is 4.79 Å². The minimum absolute atomic E-state index is 0.139. The topological polar surface area (TPSA) is 75.4 Å². The highest BCUT2D eigenvalue weighted by Gasteiger charge is 2.25. The van der Waals surface area contributed by atoms with Crippen molar-refractivity contribution in [3.05, 3.63) is 29.8 Å². The second-order valence-electron chi connectivity index (χ2n) is 5.34. The molecular formula is C15H22N2O2. The molecule has 0 aromatic heterocycles. The zero-order valence-electron chi connectivity index (χ0n) is 11.1. The largest absolute Gasteiger partial charge is 0.508 e. The van der Waals surface area contributed by atoms with E-state index in [4.69, 9.17) is 5.73 Å². The average molecular weight is 262 g/mol. The minimum atomic E-state index is 0.139. The molecular weight excluding hydrogens is 240 g/mol. The molecule has 4 N–H and O–H groups in total. The minimum Gasteiger partial charge on any atom is -0.508 e. The van der Waals surface area contributed by atoms with Gasteiger partial charge in [0.05, 0.1) is 0 Å². The van der Waals surface area contributed by atoms with Crippen LogP contribution in [0, 0.1) is 11.8 Å². The molecule has 0 bridgehead atoms. The third-order valence-electron chi connectivity index (χ3n) is 3.95. The van der Waals surface area contributed by atoms with Crippen molar-refractivity contribution in [2.45, 2.75) is 32.2 Å². The molecule has 1 aromatic carbocycles.